The minimum Gasteiger partial charge on any atom is -0.337 e. The Bertz CT molecular complexity index is 1420. The second-order valence-corrected chi connectivity index (χ2v) is 8.43. The van der Waals surface area contributed by atoms with Crippen molar-refractivity contribution < 1.29 is 26.7 Å². The topological polar surface area (TPSA) is 89.2 Å². The fourth-order valence-corrected chi connectivity index (χ4v) is 4.40. The molecule has 2 atom stereocenters. The van der Waals surface area contributed by atoms with E-state index in [1.54, 1.807) is 0 Å². The van der Waals surface area contributed by atoms with Gasteiger partial charge >= 0.3 is 6.18 Å². The van der Waals surface area contributed by atoms with Gasteiger partial charge in [0.1, 0.15) is 17.7 Å². The van der Waals surface area contributed by atoms with E-state index < -0.39 is 41.4 Å². The van der Waals surface area contributed by atoms with Crippen LogP contribution in [0.1, 0.15) is 53.1 Å². The molecule has 5 heterocycles. The largest absolute Gasteiger partial charge is 0.418 e. The predicted octanol–water partition coefficient (Wildman–Crippen LogP) is 4.29. The molecular formula is C22H18F5N7O. The zero-order valence-electron chi connectivity index (χ0n) is 18.2. The molecule has 0 aliphatic carbocycles. The van der Waals surface area contributed by atoms with Gasteiger partial charge in [-0.15, -0.1) is 0 Å². The van der Waals surface area contributed by atoms with Crippen LogP contribution < -0.4 is 0 Å². The highest BCUT2D eigenvalue weighted by molar-refractivity contribution is 5.96. The van der Waals surface area contributed by atoms with Gasteiger partial charge in [0, 0.05) is 30.6 Å². The van der Waals surface area contributed by atoms with Crippen molar-refractivity contribution in [1.82, 2.24) is 34.4 Å². The Labute approximate surface area is 194 Å². The first-order valence-corrected chi connectivity index (χ1v) is 10.7. The maximum absolute atomic E-state index is 13.8. The molecule has 8 nitrogen and oxygen atoms in total. The van der Waals surface area contributed by atoms with E-state index in [1.165, 1.54) is 40.1 Å². The Balaban J connectivity index is 1.55. The fraction of sp³-hybridized carbons (Fsp3) is 0.364. The number of piperidine rings is 1. The maximum Gasteiger partial charge on any atom is 0.418 e. The summed E-state index contributed by atoms with van der Waals surface area (Å²) in [6.07, 6.45) is -4.67. The van der Waals surface area contributed by atoms with Crippen molar-refractivity contribution in [3.8, 4) is 0 Å². The number of pyridine rings is 2. The molecule has 1 fully saturated rings. The number of carbonyl (C=O) groups excluding carboxylic acids is 1. The van der Waals surface area contributed by atoms with Gasteiger partial charge in [-0.1, -0.05) is 6.92 Å². The van der Waals surface area contributed by atoms with Gasteiger partial charge < -0.3 is 4.90 Å². The van der Waals surface area contributed by atoms with Gasteiger partial charge in [0.25, 0.3) is 18.1 Å². The van der Waals surface area contributed by atoms with Crippen LogP contribution in [0.25, 0.3) is 16.8 Å². The molecule has 0 radical (unpaired) electrons. The SMILES string of the molecule is CC1CCN(C(=O)c2nc3ncccc3cc2C(F)(F)F)C[C@H]1c1cc(C(F)F)nc2ncnn12. The van der Waals surface area contributed by atoms with E-state index in [0.29, 0.717) is 12.1 Å². The second kappa shape index (κ2) is 8.47. The zero-order chi connectivity index (χ0) is 24.9. The van der Waals surface area contributed by atoms with Crippen molar-refractivity contribution in [2.24, 2.45) is 5.92 Å². The van der Waals surface area contributed by atoms with Gasteiger partial charge in [0.15, 0.2) is 5.65 Å². The summed E-state index contributed by atoms with van der Waals surface area (Å²) in [7, 11) is 0. The minimum absolute atomic E-state index is 0.0130. The number of carbonyl (C=O) groups is 1. The molecule has 4 aromatic heterocycles. The van der Waals surface area contributed by atoms with Crippen LogP contribution in [0.2, 0.25) is 0 Å². The van der Waals surface area contributed by atoms with E-state index in [0.717, 1.165) is 6.07 Å². The highest BCUT2D eigenvalue weighted by atomic mass is 19.4. The molecule has 13 heteroatoms. The molecule has 0 N–H and O–H groups in total. The average molecular weight is 491 g/mol. The molecule has 35 heavy (non-hydrogen) atoms. The number of nitrogens with zero attached hydrogens (tertiary/aromatic N) is 7. The third-order valence-corrected chi connectivity index (χ3v) is 6.25. The first kappa shape index (κ1) is 23.0. The molecule has 0 saturated carbocycles. The van der Waals surface area contributed by atoms with Crippen molar-refractivity contribution in [3.05, 3.63) is 59.4 Å². The van der Waals surface area contributed by atoms with E-state index >= 15 is 0 Å². The monoisotopic (exact) mass is 491 g/mol. The summed E-state index contributed by atoms with van der Waals surface area (Å²) in [6.45, 7) is 2.06. The van der Waals surface area contributed by atoms with Crippen molar-refractivity contribution in [2.45, 2.75) is 31.9 Å². The molecule has 0 aromatic carbocycles. The van der Waals surface area contributed by atoms with E-state index in [2.05, 4.69) is 25.0 Å². The van der Waals surface area contributed by atoms with E-state index in [4.69, 9.17) is 0 Å². The summed E-state index contributed by atoms with van der Waals surface area (Å²) in [5.74, 6) is -1.49. The van der Waals surface area contributed by atoms with Crippen molar-refractivity contribution in [3.63, 3.8) is 0 Å². The van der Waals surface area contributed by atoms with Crippen molar-refractivity contribution >= 4 is 22.7 Å². The minimum atomic E-state index is -4.81. The van der Waals surface area contributed by atoms with Gasteiger partial charge in [0.05, 0.1) is 11.3 Å². The maximum atomic E-state index is 13.8. The molecule has 5 rings (SSSR count). The summed E-state index contributed by atoms with van der Waals surface area (Å²) >= 11 is 0. The Morgan fingerprint density at radius 3 is 2.71 bits per heavy atom. The first-order valence-electron chi connectivity index (χ1n) is 10.7. The van der Waals surface area contributed by atoms with Crippen LogP contribution in [0, 0.1) is 5.92 Å². The van der Waals surface area contributed by atoms with E-state index in [-0.39, 0.29) is 35.8 Å². The molecule has 1 aliphatic heterocycles. The number of hydrogen-bond donors (Lipinski definition) is 0. The lowest BCUT2D eigenvalue weighted by molar-refractivity contribution is -0.138. The lowest BCUT2D eigenvalue weighted by Crippen LogP contribution is -2.43. The lowest BCUT2D eigenvalue weighted by Gasteiger charge is -2.37. The molecule has 1 saturated heterocycles. The third kappa shape index (κ3) is 4.15. The van der Waals surface area contributed by atoms with Gasteiger partial charge in [-0.2, -0.15) is 23.3 Å². The van der Waals surface area contributed by atoms with Crippen LogP contribution in [0.15, 0.2) is 36.8 Å². The average Bonchev–Trinajstić information content (AvgIpc) is 3.31. The van der Waals surface area contributed by atoms with Gasteiger partial charge in [-0.25, -0.2) is 28.2 Å². The first-order chi connectivity index (χ1) is 16.6. The van der Waals surface area contributed by atoms with Crippen molar-refractivity contribution in [2.75, 3.05) is 13.1 Å². The van der Waals surface area contributed by atoms with Crippen LogP contribution in [0.5, 0.6) is 0 Å². The van der Waals surface area contributed by atoms with Crippen molar-refractivity contribution in [1.29, 1.82) is 0 Å². The summed E-state index contributed by atoms with van der Waals surface area (Å²) < 4.78 is 69.7. The quantitative estimate of drug-likeness (QED) is 0.398. The number of fused-ring (bicyclic) bond motifs is 2. The van der Waals surface area contributed by atoms with E-state index in [9.17, 15) is 26.7 Å². The Morgan fingerprint density at radius 2 is 1.97 bits per heavy atom. The third-order valence-electron chi connectivity index (χ3n) is 6.25. The van der Waals surface area contributed by atoms with Gasteiger partial charge in [-0.3, -0.25) is 4.79 Å². The number of halogens is 5. The molecule has 1 amide bonds. The molecule has 1 aliphatic rings. The Morgan fingerprint density at radius 1 is 1.17 bits per heavy atom. The normalized spacial score (nSPS) is 19.1. The number of alkyl halides is 5. The molecule has 4 aromatic rings. The summed E-state index contributed by atoms with van der Waals surface area (Å²) in [6, 6.07) is 4.99. The zero-order valence-corrected chi connectivity index (χ0v) is 18.2. The smallest absolute Gasteiger partial charge is 0.337 e. The summed E-state index contributed by atoms with van der Waals surface area (Å²) in [5, 5.41) is 4.22. The van der Waals surface area contributed by atoms with Crippen LogP contribution in [0.3, 0.4) is 0 Å². The number of amides is 1. The van der Waals surface area contributed by atoms with Crippen LogP contribution in [-0.2, 0) is 6.18 Å². The molecule has 0 spiro atoms. The van der Waals surface area contributed by atoms with Crippen LogP contribution >= 0.6 is 0 Å². The highest BCUT2D eigenvalue weighted by Gasteiger charge is 2.40. The number of likely N-dealkylation sites (tertiary alicyclic amines) is 1. The molecule has 182 valence electrons. The van der Waals surface area contributed by atoms with Gasteiger partial charge in [0.2, 0.25) is 0 Å². The standard InChI is InChI=1S/C22H18F5N7O/c1-11-4-6-33(9-13(11)16-8-15(18(23)24)31-21-29-10-30-34(16)21)20(35)17-14(22(25,26)27)7-12-3-2-5-28-19(12)32-17/h2-3,5,7-8,10-11,13,18H,4,6,9H2,1H3/t11?,13-/m1/s1. The van der Waals surface area contributed by atoms with Gasteiger partial charge in [-0.05, 0) is 36.6 Å². The molecule has 0 bridgehead atoms. The Hall–Kier alpha value is -3.77. The Kier molecular flexibility index (Phi) is 5.56. The second-order valence-electron chi connectivity index (χ2n) is 8.43. The number of rotatable bonds is 3. The number of hydrogen-bond acceptors (Lipinski definition) is 6. The van der Waals surface area contributed by atoms with E-state index in [1.807, 2.05) is 6.92 Å². The fourth-order valence-electron chi connectivity index (χ4n) is 4.40. The molecule has 1 unspecified atom stereocenters. The highest BCUT2D eigenvalue weighted by Crippen LogP contribution is 2.37. The lowest BCUT2D eigenvalue weighted by atomic mass is 9.84. The van der Waals surface area contributed by atoms with Crippen LogP contribution in [-0.4, -0.2) is 53.4 Å². The van der Waals surface area contributed by atoms with Crippen LogP contribution in [0.4, 0.5) is 22.0 Å². The predicted molar refractivity (Wildman–Crippen MR) is 113 cm³/mol. The summed E-state index contributed by atoms with van der Waals surface area (Å²) in [4.78, 5) is 30.2. The summed E-state index contributed by atoms with van der Waals surface area (Å²) in [5.41, 5.74) is -2.01. The number of aromatic nitrogens is 6. The molecular weight excluding hydrogens is 473 g/mol.